The molecule has 0 aromatic rings. The molecule has 0 aliphatic rings. The number of aliphatic hydroxyl groups excluding tert-OH is 3. The molecule has 0 saturated heterocycles. The van der Waals surface area contributed by atoms with Crippen molar-refractivity contribution < 1.29 is 72.5 Å². The Morgan fingerprint density at radius 2 is 0.442 bits per heavy atom. The number of esters is 6. The highest BCUT2D eigenvalue weighted by Gasteiger charge is 2.39. The molecule has 0 aromatic carbocycles. The molecule has 86 heavy (non-hydrogen) atoms. The number of carbonyl (C=O) groups is 6. The molecule has 510 valence electrons. The molecule has 0 spiro atoms. The second-order valence-electron chi connectivity index (χ2n) is 24.3. The summed E-state index contributed by atoms with van der Waals surface area (Å²) in [5.74, 6) is -5.34. The molecule has 0 bridgehead atoms. The summed E-state index contributed by atoms with van der Waals surface area (Å²) in [5, 5.41) is 25.8. The maximum absolute atomic E-state index is 12.0. The van der Waals surface area contributed by atoms with Crippen molar-refractivity contribution in [2.75, 3.05) is 59.5 Å². The zero-order valence-electron chi connectivity index (χ0n) is 56.6. The van der Waals surface area contributed by atoms with E-state index in [1.54, 1.807) is 0 Å². The molecule has 3 N–H and O–H groups in total. The predicted octanol–water partition coefficient (Wildman–Crippen LogP) is 17.6. The van der Waals surface area contributed by atoms with Gasteiger partial charge in [-0.3, -0.25) is 19.2 Å². The molecule has 0 rings (SSSR count). The average molecular weight is 1230 g/mol. The van der Waals surface area contributed by atoms with Crippen LogP contribution in [-0.4, -0.2) is 111 Å². The van der Waals surface area contributed by atoms with Crippen molar-refractivity contribution in [3.05, 3.63) is 0 Å². The zero-order valence-corrected chi connectivity index (χ0v) is 56.6. The van der Waals surface area contributed by atoms with Gasteiger partial charge in [-0.2, -0.15) is 0 Å². The van der Waals surface area contributed by atoms with Crippen LogP contribution in [-0.2, 0) is 57.2 Å². The fraction of sp³-hybridized carbons (Fsp3) is 0.915. The maximum Gasteiger partial charge on any atom is 0.417 e. The summed E-state index contributed by atoms with van der Waals surface area (Å²) in [6.07, 6.45) is 62.3. The minimum absolute atomic E-state index is 0.0877. The molecule has 1 unspecified atom stereocenters. The van der Waals surface area contributed by atoms with Gasteiger partial charge >= 0.3 is 35.8 Å². The lowest BCUT2D eigenvalue weighted by atomic mass is 9.94. The summed E-state index contributed by atoms with van der Waals surface area (Å²) in [6.45, 7) is 11.0. The highest BCUT2D eigenvalue weighted by molar-refractivity contribution is 6.29. The first-order chi connectivity index (χ1) is 41.8. The van der Waals surface area contributed by atoms with Crippen LogP contribution in [0.15, 0.2) is 0 Å². The van der Waals surface area contributed by atoms with Gasteiger partial charge in [-0.25, -0.2) is 9.59 Å². The van der Waals surface area contributed by atoms with E-state index in [9.17, 15) is 28.8 Å². The molecule has 0 aromatic heterocycles. The molecule has 0 radical (unpaired) electrons. The normalized spacial score (nSPS) is 11.4. The van der Waals surface area contributed by atoms with Crippen LogP contribution in [0.25, 0.3) is 0 Å². The third kappa shape index (κ3) is 63.7. The van der Waals surface area contributed by atoms with E-state index in [1.165, 1.54) is 278 Å². The van der Waals surface area contributed by atoms with Crippen molar-refractivity contribution >= 4 is 35.8 Å². The second-order valence-corrected chi connectivity index (χ2v) is 24.3. The fourth-order valence-electron chi connectivity index (χ4n) is 9.78. The third-order valence-corrected chi connectivity index (χ3v) is 15.6. The van der Waals surface area contributed by atoms with Crippen LogP contribution in [0, 0.1) is 11.3 Å². The maximum atomic E-state index is 12.0. The van der Waals surface area contributed by atoms with E-state index in [0.29, 0.717) is 13.2 Å². The number of aliphatic hydroxyl groups is 3. The van der Waals surface area contributed by atoms with Crippen LogP contribution < -0.4 is 0 Å². The SMILES string of the molecule is CCCCCCCCCCCCCCCCCCOC(=O)C(=O)OCCO.CCCCCCCCCCCCCCCCCCOC(=O)C(C)(C)C(=O)OCCO.CCCCCCCCCCCCCCCCCCOC(=O)C(C)C(=O)OCCO. The number of unbranched alkanes of at least 4 members (excludes halogenated alkanes) is 45. The summed E-state index contributed by atoms with van der Waals surface area (Å²) in [6, 6.07) is 0. The van der Waals surface area contributed by atoms with E-state index in [1.807, 2.05) is 0 Å². The first kappa shape index (κ1) is 86.9. The molecular formula is C71H136O15. The van der Waals surface area contributed by atoms with Gasteiger partial charge in [0.1, 0.15) is 19.8 Å². The molecule has 0 aliphatic carbocycles. The quantitative estimate of drug-likeness (QED) is 0.0170. The minimum Gasteiger partial charge on any atom is -0.465 e. The van der Waals surface area contributed by atoms with Crippen LogP contribution in [0.5, 0.6) is 0 Å². The van der Waals surface area contributed by atoms with E-state index < -0.39 is 47.1 Å². The Morgan fingerprint density at radius 1 is 0.267 bits per heavy atom. The van der Waals surface area contributed by atoms with Crippen LogP contribution >= 0.6 is 0 Å². The van der Waals surface area contributed by atoms with E-state index in [2.05, 4.69) is 25.5 Å². The standard InChI is InChI=1S/C25H48O5.C24H46O5.C22H42O5/c1-4-5-6-7-8-9-10-11-12-13-14-15-16-17-18-19-21-29-23(27)25(2,3)24(28)30-22-20-26;1-3-4-5-6-7-8-9-10-11-12-13-14-15-16-17-18-20-28-23(26)22(2)24(27)29-21-19-25;1-2-3-4-5-6-7-8-9-10-11-12-13-14-15-16-17-19-26-21(24)22(25)27-20-18-23/h26H,4-22H2,1-3H3;22,25H,3-21H2,1-2H3;23H,2-20H2,1H3. The Hall–Kier alpha value is -3.30. The molecule has 1 atom stereocenters. The predicted molar refractivity (Wildman–Crippen MR) is 349 cm³/mol. The van der Waals surface area contributed by atoms with Crippen molar-refractivity contribution in [2.24, 2.45) is 11.3 Å². The third-order valence-electron chi connectivity index (χ3n) is 15.6. The number of carbonyl (C=O) groups excluding carboxylic acids is 6. The molecule has 15 heteroatoms. The Morgan fingerprint density at radius 3 is 0.698 bits per heavy atom. The van der Waals surface area contributed by atoms with E-state index in [-0.39, 0.29) is 46.2 Å². The van der Waals surface area contributed by atoms with Gasteiger partial charge in [-0.1, -0.05) is 310 Å². The summed E-state index contributed by atoms with van der Waals surface area (Å²) in [5.41, 5.74) is -1.33. The van der Waals surface area contributed by atoms with Crippen LogP contribution in [0.2, 0.25) is 0 Å². The summed E-state index contributed by atoms with van der Waals surface area (Å²) < 4.78 is 29.2. The van der Waals surface area contributed by atoms with Gasteiger partial charge in [-0.05, 0) is 40.0 Å². The van der Waals surface area contributed by atoms with Gasteiger partial charge in [-0.15, -0.1) is 0 Å². The number of hydrogen-bond donors (Lipinski definition) is 3. The summed E-state index contributed by atoms with van der Waals surface area (Å²) in [4.78, 5) is 69.4. The summed E-state index contributed by atoms with van der Waals surface area (Å²) in [7, 11) is 0. The lowest BCUT2D eigenvalue weighted by Gasteiger charge is -2.20. The molecular weight excluding hydrogens is 1090 g/mol. The molecule has 0 heterocycles. The monoisotopic (exact) mass is 1230 g/mol. The van der Waals surface area contributed by atoms with Crippen LogP contribution in [0.1, 0.15) is 350 Å². The smallest absolute Gasteiger partial charge is 0.417 e. The molecule has 0 amide bonds. The fourth-order valence-corrected chi connectivity index (χ4v) is 9.78. The Labute approximate surface area is 526 Å². The number of ether oxygens (including phenoxy) is 6. The second kappa shape index (κ2) is 70.8. The highest BCUT2D eigenvalue weighted by Crippen LogP contribution is 2.21. The molecule has 0 aliphatic heterocycles. The Bertz CT molecular complexity index is 1490. The first-order valence-corrected chi connectivity index (χ1v) is 35.7. The first-order valence-electron chi connectivity index (χ1n) is 35.7. The highest BCUT2D eigenvalue weighted by atomic mass is 16.6. The van der Waals surface area contributed by atoms with E-state index in [0.717, 1.165) is 51.4 Å². The molecule has 0 saturated carbocycles. The van der Waals surface area contributed by atoms with Crippen molar-refractivity contribution in [1.82, 2.24) is 0 Å². The van der Waals surface area contributed by atoms with Gasteiger partial charge < -0.3 is 43.7 Å². The van der Waals surface area contributed by atoms with Gasteiger partial charge in [0, 0.05) is 0 Å². The van der Waals surface area contributed by atoms with Crippen molar-refractivity contribution in [2.45, 2.75) is 350 Å². The van der Waals surface area contributed by atoms with Gasteiger partial charge in [0.15, 0.2) is 11.3 Å². The Kier molecular flexibility index (Phi) is 71.5. The van der Waals surface area contributed by atoms with Crippen molar-refractivity contribution in [3.63, 3.8) is 0 Å². The largest absolute Gasteiger partial charge is 0.465 e. The van der Waals surface area contributed by atoms with E-state index >= 15 is 0 Å². The van der Waals surface area contributed by atoms with Crippen LogP contribution in [0.3, 0.4) is 0 Å². The Balaban J connectivity index is -0.00000120. The van der Waals surface area contributed by atoms with Gasteiger partial charge in [0.2, 0.25) is 0 Å². The average Bonchev–Trinajstić information content (AvgIpc) is 3.72. The lowest BCUT2D eigenvalue weighted by molar-refractivity contribution is -0.170. The van der Waals surface area contributed by atoms with Gasteiger partial charge in [0.05, 0.1) is 39.6 Å². The van der Waals surface area contributed by atoms with Crippen LogP contribution in [0.4, 0.5) is 0 Å². The minimum atomic E-state index is -1.33. The number of hydrogen-bond acceptors (Lipinski definition) is 15. The van der Waals surface area contributed by atoms with Crippen molar-refractivity contribution in [3.8, 4) is 0 Å². The summed E-state index contributed by atoms with van der Waals surface area (Å²) >= 11 is 0. The lowest BCUT2D eigenvalue weighted by Crippen LogP contribution is -2.37. The zero-order chi connectivity index (χ0) is 64.1. The van der Waals surface area contributed by atoms with E-state index in [4.69, 9.17) is 39.0 Å². The molecule has 0 fully saturated rings. The topological polar surface area (TPSA) is 218 Å². The van der Waals surface area contributed by atoms with Gasteiger partial charge in [0.25, 0.3) is 0 Å². The molecule has 15 nitrogen and oxygen atoms in total. The van der Waals surface area contributed by atoms with Crippen molar-refractivity contribution in [1.29, 1.82) is 0 Å². The number of rotatable bonds is 61.